The Bertz CT molecular complexity index is 4850. The molecule has 0 saturated carbocycles. The number of unbranched alkanes of at least 4 members (excludes halogenated alkanes) is 1. The van der Waals surface area contributed by atoms with Crippen LogP contribution in [0.1, 0.15) is 195 Å². The number of carbonyl (C=O) groups is 1. The number of carbonyl (C=O) groups excluding carboxylic acids is 1. The number of hydrogen-bond donors (Lipinski definition) is 1. The summed E-state index contributed by atoms with van der Waals surface area (Å²) in [4.78, 5) is 11.3. The third kappa shape index (κ3) is 63.8. The van der Waals surface area contributed by atoms with Crippen LogP contribution in [0.15, 0.2) is 297 Å². The molecule has 0 spiro atoms. The summed E-state index contributed by atoms with van der Waals surface area (Å²) in [6, 6.07) is 99.0. The average Bonchev–Trinajstić information content (AvgIpc) is 0.827. The average molecular weight is 3380 g/mol. The molecule has 1 amide bonds. The molecule has 12 aromatic carbocycles. The topological polar surface area (TPSA) is 93.7 Å². The molecule has 1 N–H and O–H groups in total. The van der Waals surface area contributed by atoms with E-state index in [-0.39, 0.29) is 195 Å². The number of anilines is 1. The zero-order valence-electron chi connectivity index (χ0n) is 82.6. The zero-order valence-corrected chi connectivity index (χ0v) is 109. The van der Waals surface area contributed by atoms with Crippen LogP contribution in [0.2, 0.25) is 0 Å². The van der Waals surface area contributed by atoms with Gasteiger partial charge in [-0.1, -0.05) is 273 Å². The van der Waals surface area contributed by atoms with Crippen molar-refractivity contribution in [2.24, 2.45) is 0 Å². The van der Waals surface area contributed by atoms with Crippen LogP contribution in [-0.4, -0.2) is 52.2 Å². The summed E-state index contributed by atoms with van der Waals surface area (Å²) >= 11 is 0. The molecule has 0 aliphatic heterocycles. The van der Waals surface area contributed by atoms with E-state index in [2.05, 4.69) is 300 Å². The number of rotatable bonds is 38. The van der Waals surface area contributed by atoms with Crippen LogP contribution in [-0.2, 0) is 239 Å². The van der Waals surface area contributed by atoms with E-state index in [0.29, 0.717) is 26.1 Å². The van der Waals surface area contributed by atoms with Gasteiger partial charge in [0.1, 0.15) is 40.2 Å². The molecule has 0 atom stereocenters. The minimum absolute atomic E-state index is 0. The van der Waals surface area contributed by atoms with Crippen LogP contribution in [0.3, 0.4) is 0 Å². The fourth-order valence-corrected chi connectivity index (χ4v) is 12.5. The zero-order chi connectivity index (χ0) is 92.8. The third-order valence-corrected chi connectivity index (χ3v) is 19.2. The van der Waals surface area contributed by atoms with Gasteiger partial charge in [0.05, 0.1) is 39.6 Å². The van der Waals surface area contributed by atoms with Crippen molar-refractivity contribution in [2.75, 3.05) is 51.6 Å². The van der Waals surface area contributed by atoms with Crippen LogP contribution in [0.5, 0.6) is 40.2 Å². The molecule has 0 unspecified atom stereocenters. The summed E-state index contributed by atoms with van der Waals surface area (Å²) in [6.07, 6.45) is 22.5. The van der Waals surface area contributed by atoms with Gasteiger partial charge in [-0.3, -0.25) is 4.79 Å². The molecule has 740 valence electrons. The molecule has 0 heterocycles. The Kier molecular flexibility index (Phi) is 96.0. The van der Waals surface area contributed by atoms with Crippen molar-refractivity contribution >= 4 is 17.7 Å². The van der Waals surface area contributed by atoms with Crippen molar-refractivity contribution in [3.8, 4) is 73.6 Å². The number of allylic oxidation sites excluding steroid dienone is 1. The maximum Gasteiger partial charge on any atom is 0.221 e. The molecule has 137 heavy (non-hydrogen) atoms. The first-order chi connectivity index (χ1) is 62.5. The minimum atomic E-state index is -0.00257. The molecule has 0 aliphatic carbocycles. The maximum absolute atomic E-state index is 11.3. The van der Waals surface area contributed by atoms with Crippen molar-refractivity contribution in [2.45, 2.75) is 184 Å². The van der Waals surface area contributed by atoms with Gasteiger partial charge in [0.2, 0.25) is 5.91 Å². The van der Waals surface area contributed by atoms with Gasteiger partial charge in [-0.2, -0.15) is 81.3 Å². The number of ether oxygens (including phenoxy) is 7. The molecule has 0 fully saturated rings. The van der Waals surface area contributed by atoms with Gasteiger partial charge in [0, 0.05) is 201 Å². The van der Waals surface area contributed by atoms with Crippen molar-refractivity contribution in [3.05, 3.63) is 415 Å². The quantitative estimate of drug-likeness (QED) is 0.0383. The Morgan fingerprint density at radius 2 is 0.672 bits per heavy atom. The fourth-order valence-electron chi connectivity index (χ4n) is 12.5. The standard InChI is InChI=1S/C18H21.2C15H15.C13H18NO2.C12H17O.C12H15O.C12H17O.C11H15O2.C11H15O.9W/c1-3-5-10-16-11-6-7-13-18(16)17-12-8-9-15(4-2)14-17;1-3-13-7-5-9-15(11-13)14-8-4-6-12(2)10-14;1-3-13-8-4-5-10-15(13)14-9-6-7-12(2)11-14;1-3-5-13(15)14-11-6-8-12(9-7-11)16-10-4-2;2*1-3-6-11-7-5-8-12(10-11)13-9-4-2;1-3-5-11-6-8-12(9-7-11)13-10-4-2;1-3-8-13-11-7-5-6-10(9-11)12-4-2;1-3-9-12-11-7-5-10(4-2)6-8-11;;;;;;;;;/h6-9,11-14H,2-5,10H2,1H3;2*4-11H,2-3H2,1H3;6-9H,1,3-5,10H2,2H3,(H,14,15);5,7-8,10H,1,3-4,6,9H2,2H3;3,5-8,10H,1,4,9H2,2H3;6-9H,1,3-5,10H2,2H3;5-7,9H,2-4,8H2,1H3;5-8H,2-4,9H2,1H3;;;;;;;;;/q9*-1;;;;;;;;;/b;;;;;6-3+;;;;;;;;;;;;. The van der Waals surface area contributed by atoms with E-state index in [0.717, 1.165) is 186 Å². The molecule has 0 radical (unpaired) electrons. The van der Waals surface area contributed by atoms with E-state index in [1.54, 1.807) is 6.08 Å². The third-order valence-electron chi connectivity index (χ3n) is 19.2. The van der Waals surface area contributed by atoms with Crippen LogP contribution >= 0.6 is 0 Å². The van der Waals surface area contributed by atoms with Gasteiger partial charge < -0.3 is 80.0 Å². The summed E-state index contributed by atoms with van der Waals surface area (Å²) in [7, 11) is 0. The van der Waals surface area contributed by atoms with E-state index in [4.69, 9.17) is 33.2 Å². The molecule has 9 nitrogen and oxygen atoms in total. The summed E-state index contributed by atoms with van der Waals surface area (Å²) < 4.78 is 38.0. The van der Waals surface area contributed by atoms with Gasteiger partial charge in [-0.15, -0.1) is 17.7 Å². The Labute approximate surface area is 959 Å². The van der Waals surface area contributed by atoms with Crippen LogP contribution in [0, 0.1) is 62.3 Å². The molecule has 12 rings (SSSR count). The number of hydrogen-bond acceptors (Lipinski definition) is 8. The predicted octanol–water partition coefficient (Wildman–Crippen LogP) is 31.6. The molecular formula is C119H148NO8W9-9. The monoisotopic (exact) mass is 3370 g/mol. The van der Waals surface area contributed by atoms with Gasteiger partial charge in [-0.25, -0.2) is 19.1 Å². The molecule has 12 aromatic rings. The number of aryl methyl sites for hydroxylation is 5. The largest absolute Gasteiger partial charge is 0.525 e. The van der Waals surface area contributed by atoms with Crippen molar-refractivity contribution in [1.82, 2.24) is 0 Å². The number of benzene rings is 12. The molecule has 18 heteroatoms. The normalized spacial score (nSPS) is 9.45. The number of amides is 1. The Morgan fingerprint density at radius 1 is 0.299 bits per heavy atom. The van der Waals surface area contributed by atoms with Crippen LogP contribution < -0.4 is 38.5 Å². The van der Waals surface area contributed by atoms with Crippen molar-refractivity contribution in [1.29, 1.82) is 0 Å². The molecule has 0 saturated heterocycles. The van der Waals surface area contributed by atoms with E-state index in [1.807, 2.05) is 127 Å². The first kappa shape index (κ1) is 142. The second kappa shape index (κ2) is 92.7. The van der Waals surface area contributed by atoms with E-state index >= 15 is 0 Å². The van der Waals surface area contributed by atoms with Crippen molar-refractivity contribution < 1.29 is 228 Å². The van der Waals surface area contributed by atoms with E-state index < -0.39 is 0 Å². The summed E-state index contributed by atoms with van der Waals surface area (Å²) in [6.45, 7) is 58.5. The molecule has 0 aliphatic rings. The first-order valence-electron chi connectivity index (χ1n) is 46.2. The maximum atomic E-state index is 11.3. The summed E-state index contributed by atoms with van der Waals surface area (Å²) in [5.74, 6) is 6.32. The van der Waals surface area contributed by atoms with Gasteiger partial charge in [-0.05, 0) is 207 Å². The summed E-state index contributed by atoms with van der Waals surface area (Å²) in [5, 5.41) is 2.79. The second-order valence-electron chi connectivity index (χ2n) is 30.1. The Morgan fingerprint density at radius 3 is 1.12 bits per heavy atom. The Hall–Kier alpha value is -5.75. The van der Waals surface area contributed by atoms with Gasteiger partial charge >= 0.3 is 0 Å². The van der Waals surface area contributed by atoms with E-state index in [1.165, 1.54) is 91.6 Å². The van der Waals surface area contributed by atoms with Crippen LogP contribution in [0.4, 0.5) is 5.69 Å². The summed E-state index contributed by atoms with van der Waals surface area (Å²) in [5.41, 5.74) is 21.3. The molecule has 0 bridgehead atoms. The smallest absolute Gasteiger partial charge is 0.221 e. The van der Waals surface area contributed by atoms with Crippen LogP contribution in [0.25, 0.3) is 39.5 Å². The predicted molar refractivity (Wildman–Crippen MR) is 549 cm³/mol. The Balaban J connectivity index is -0.000000350. The van der Waals surface area contributed by atoms with Gasteiger partial charge in [0.25, 0.3) is 0 Å². The molecular weight excluding hydrogens is 3230 g/mol. The second-order valence-corrected chi connectivity index (χ2v) is 30.1. The van der Waals surface area contributed by atoms with Crippen molar-refractivity contribution in [3.63, 3.8) is 0 Å². The number of nitrogens with one attached hydrogen (secondary N) is 1. The van der Waals surface area contributed by atoms with E-state index in [9.17, 15) is 4.79 Å². The fraction of sp³-hybridized carbons (Fsp3) is 0.294. The van der Waals surface area contributed by atoms with Gasteiger partial charge in [0.15, 0.2) is 0 Å². The molecule has 0 aromatic heterocycles. The SMILES string of the molecule is [CH2-]/C=C/c1cccc(OCCC)c1.[CH2-]CCC(=O)Nc1ccc(OCCC)cc1.[CH2-]CCc1ccc(OCCC)cc1.[CH2-]CCc1cccc(OCCC)c1.[CH2-]COc1cccc(OCCC)c1.[CH2-]Cc1ccc(OCCC)cc1.[CH2-]Cc1cccc(-c2ccccc2CCCC)c1.[CH2-]c1cccc(-c2cccc(CC)c2)c1.[CH2-]c1cccc(-c2ccccc2CC)c1.[W].[W].[W].[W].[W].[W].[W].[W].[W]. The minimum Gasteiger partial charge on any atom is -0.525 e. The first-order valence-corrected chi connectivity index (χ1v) is 46.2.